The van der Waals surface area contributed by atoms with Crippen LogP contribution in [0.15, 0.2) is 88.5 Å². The highest BCUT2D eigenvalue weighted by Crippen LogP contribution is 2.42. The number of aliphatic hydroxyl groups excluding tert-OH is 1. The third kappa shape index (κ3) is 3.97. The molecule has 1 atom stereocenters. The van der Waals surface area contributed by atoms with E-state index in [1.807, 2.05) is 36.4 Å². The number of furan rings is 1. The van der Waals surface area contributed by atoms with Crippen molar-refractivity contribution in [3.63, 3.8) is 0 Å². The number of Topliss-reactive ketones (excluding diaryl/α,β-unsaturated/α-hetero) is 1. The third-order valence-corrected chi connectivity index (χ3v) is 6.41. The van der Waals surface area contributed by atoms with Crippen molar-refractivity contribution in [3.05, 3.63) is 106 Å². The normalized spacial score (nSPS) is 15.6. The SMILES string of the molecule is COc1ccccc1CN1C(=O)C(O)=C(C(=O)c2cc3cc(Cl)cc(OC)c3o2)C1c1ccccc1. The van der Waals surface area contributed by atoms with Gasteiger partial charge in [0.2, 0.25) is 5.78 Å². The Labute approximate surface area is 212 Å². The Morgan fingerprint density at radius 2 is 1.69 bits per heavy atom. The van der Waals surface area contributed by atoms with Gasteiger partial charge in [-0.05, 0) is 23.8 Å². The van der Waals surface area contributed by atoms with Crippen LogP contribution in [0.3, 0.4) is 0 Å². The van der Waals surface area contributed by atoms with E-state index in [0.29, 0.717) is 33.1 Å². The zero-order valence-corrected chi connectivity index (χ0v) is 20.3. The molecule has 0 radical (unpaired) electrons. The second-order valence-electron chi connectivity index (χ2n) is 8.29. The lowest BCUT2D eigenvalue weighted by molar-refractivity contribution is -0.130. The standard InChI is InChI=1S/C28H22ClNO6/c1-34-20-11-7-6-10-17(20)15-30-24(16-8-4-3-5-9-16)23(26(32)28(30)33)25(31)21-13-18-12-19(29)14-22(35-2)27(18)36-21/h3-14,24,32H,15H2,1-2H3. The molecule has 3 aromatic carbocycles. The number of carbonyl (C=O) groups excluding carboxylic acids is 2. The van der Waals surface area contributed by atoms with Gasteiger partial charge in [-0.1, -0.05) is 60.1 Å². The predicted molar refractivity (Wildman–Crippen MR) is 134 cm³/mol. The minimum absolute atomic E-state index is 0.0417. The van der Waals surface area contributed by atoms with Crippen molar-refractivity contribution in [2.45, 2.75) is 12.6 Å². The van der Waals surface area contributed by atoms with Crippen LogP contribution in [0.25, 0.3) is 11.0 Å². The summed E-state index contributed by atoms with van der Waals surface area (Å²) in [6, 6.07) is 20.3. The highest BCUT2D eigenvalue weighted by Gasteiger charge is 2.44. The summed E-state index contributed by atoms with van der Waals surface area (Å²) in [4.78, 5) is 28.5. The molecule has 0 spiro atoms. The number of ketones is 1. The number of benzene rings is 3. The van der Waals surface area contributed by atoms with Crippen molar-refractivity contribution in [1.29, 1.82) is 0 Å². The zero-order chi connectivity index (χ0) is 25.4. The van der Waals surface area contributed by atoms with Crippen LogP contribution >= 0.6 is 11.6 Å². The molecule has 0 fully saturated rings. The molecule has 0 bridgehead atoms. The van der Waals surface area contributed by atoms with Crippen LogP contribution in [-0.2, 0) is 11.3 Å². The first-order chi connectivity index (χ1) is 17.4. The quantitative estimate of drug-likeness (QED) is 0.317. The Hall–Kier alpha value is -4.23. The number of nitrogens with zero attached hydrogens (tertiary/aromatic N) is 1. The summed E-state index contributed by atoms with van der Waals surface area (Å²) in [5.41, 5.74) is 1.69. The summed E-state index contributed by atoms with van der Waals surface area (Å²) < 4.78 is 16.6. The van der Waals surface area contributed by atoms with Crippen molar-refractivity contribution < 1.29 is 28.6 Å². The summed E-state index contributed by atoms with van der Waals surface area (Å²) >= 11 is 6.17. The number of methoxy groups -OCH3 is 2. The van der Waals surface area contributed by atoms with Gasteiger partial charge in [-0.3, -0.25) is 9.59 Å². The Morgan fingerprint density at radius 3 is 2.42 bits per heavy atom. The average molecular weight is 504 g/mol. The van der Waals surface area contributed by atoms with Crippen LogP contribution < -0.4 is 9.47 Å². The number of para-hydroxylation sites is 1. The van der Waals surface area contributed by atoms with Crippen LogP contribution in [-0.4, -0.2) is 35.9 Å². The van der Waals surface area contributed by atoms with Crippen LogP contribution in [0, 0.1) is 0 Å². The molecule has 5 rings (SSSR count). The van der Waals surface area contributed by atoms with Gasteiger partial charge in [-0.15, -0.1) is 0 Å². The topological polar surface area (TPSA) is 89.2 Å². The number of fused-ring (bicyclic) bond motifs is 1. The molecule has 1 aliphatic rings. The molecular weight excluding hydrogens is 482 g/mol. The summed E-state index contributed by atoms with van der Waals surface area (Å²) in [5.74, 6) is -0.956. The smallest absolute Gasteiger partial charge is 0.290 e. The van der Waals surface area contributed by atoms with Crippen molar-refractivity contribution in [3.8, 4) is 11.5 Å². The van der Waals surface area contributed by atoms with Gasteiger partial charge in [0.1, 0.15) is 5.75 Å². The van der Waals surface area contributed by atoms with Crippen LogP contribution in [0.4, 0.5) is 0 Å². The van der Waals surface area contributed by atoms with Crippen LogP contribution in [0.2, 0.25) is 5.02 Å². The molecule has 36 heavy (non-hydrogen) atoms. The number of hydrogen-bond acceptors (Lipinski definition) is 6. The van der Waals surface area contributed by atoms with Gasteiger partial charge in [0, 0.05) is 22.0 Å². The van der Waals surface area contributed by atoms with E-state index in [-0.39, 0.29) is 17.9 Å². The van der Waals surface area contributed by atoms with E-state index in [1.165, 1.54) is 18.1 Å². The van der Waals surface area contributed by atoms with E-state index in [2.05, 4.69) is 0 Å². The van der Waals surface area contributed by atoms with E-state index in [4.69, 9.17) is 25.5 Å². The van der Waals surface area contributed by atoms with E-state index in [9.17, 15) is 14.7 Å². The fraction of sp³-hybridized carbons (Fsp3) is 0.143. The maximum Gasteiger partial charge on any atom is 0.290 e. The maximum atomic E-state index is 13.8. The highest BCUT2D eigenvalue weighted by atomic mass is 35.5. The summed E-state index contributed by atoms with van der Waals surface area (Å²) in [7, 11) is 3.02. The van der Waals surface area contributed by atoms with Crippen molar-refractivity contribution >= 4 is 34.3 Å². The monoisotopic (exact) mass is 503 g/mol. The Kier molecular flexibility index (Phi) is 6.16. The first-order valence-electron chi connectivity index (χ1n) is 11.2. The minimum Gasteiger partial charge on any atom is -0.503 e. The molecule has 1 aliphatic heterocycles. The summed E-state index contributed by atoms with van der Waals surface area (Å²) in [5, 5.41) is 11.9. The first kappa shape index (κ1) is 23.5. The van der Waals surface area contributed by atoms with Crippen LogP contribution in [0.1, 0.15) is 27.7 Å². The number of rotatable bonds is 7. The number of ether oxygens (including phenoxy) is 2. The molecule has 1 aromatic heterocycles. The molecule has 1 amide bonds. The van der Waals surface area contributed by atoms with Gasteiger partial charge < -0.3 is 23.9 Å². The molecule has 0 aliphatic carbocycles. The minimum atomic E-state index is -0.838. The lowest BCUT2D eigenvalue weighted by Gasteiger charge is -2.27. The maximum absolute atomic E-state index is 13.8. The number of halogens is 1. The Bertz CT molecular complexity index is 1510. The van der Waals surface area contributed by atoms with E-state index in [1.54, 1.807) is 37.4 Å². The molecule has 8 heteroatoms. The van der Waals surface area contributed by atoms with Crippen LogP contribution in [0.5, 0.6) is 11.5 Å². The van der Waals surface area contributed by atoms with Crippen molar-refractivity contribution in [2.75, 3.05) is 14.2 Å². The number of amides is 1. The molecule has 1 unspecified atom stereocenters. The van der Waals surface area contributed by atoms with Gasteiger partial charge in [0.25, 0.3) is 5.91 Å². The van der Waals surface area contributed by atoms with Gasteiger partial charge in [0.15, 0.2) is 22.9 Å². The fourth-order valence-corrected chi connectivity index (χ4v) is 4.75. The molecule has 2 heterocycles. The largest absolute Gasteiger partial charge is 0.503 e. The van der Waals surface area contributed by atoms with Gasteiger partial charge >= 0.3 is 0 Å². The van der Waals surface area contributed by atoms with Crippen molar-refractivity contribution in [1.82, 2.24) is 4.90 Å². The summed E-state index contributed by atoms with van der Waals surface area (Å²) in [6.45, 7) is 0.118. The second-order valence-corrected chi connectivity index (χ2v) is 8.72. The average Bonchev–Trinajstić information content (AvgIpc) is 3.43. The molecule has 182 valence electrons. The number of carbonyl (C=O) groups is 2. The molecule has 0 saturated carbocycles. The lowest BCUT2D eigenvalue weighted by atomic mass is 9.95. The zero-order valence-electron chi connectivity index (χ0n) is 19.5. The second kappa shape index (κ2) is 9.43. The van der Waals surface area contributed by atoms with E-state index < -0.39 is 23.5 Å². The molecule has 1 N–H and O–H groups in total. The first-order valence-corrected chi connectivity index (χ1v) is 11.5. The third-order valence-electron chi connectivity index (χ3n) is 6.19. The Balaban J connectivity index is 1.61. The molecular formula is C28H22ClNO6. The molecule has 0 saturated heterocycles. The molecule has 7 nitrogen and oxygen atoms in total. The Morgan fingerprint density at radius 1 is 1.00 bits per heavy atom. The molecule has 4 aromatic rings. The number of hydrogen-bond donors (Lipinski definition) is 1. The van der Waals surface area contributed by atoms with E-state index in [0.717, 1.165) is 5.56 Å². The summed E-state index contributed by atoms with van der Waals surface area (Å²) in [6.07, 6.45) is 0. The van der Waals surface area contributed by atoms with E-state index >= 15 is 0 Å². The van der Waals surface area contributed by atoms with Gasteiger partial charge in [-0.25, -0.2) is 0 Å². The fourth-order valence-electron chi connectivity index (χ4n) is 4.53. The highest BCUT2D eigenvalue weighted by molar-refractivity contribution is 6.31. The van der Waals surface area contributed by atoms with Gasteiger partial charge in [-0.2, -0.15) is 0 Å². The van der Waals surface area contributed by atoms with Gasteiger partial charge in [0.05, 0.1) is 32.4 Å². The lowest BCUT2D eigenvalue weighted by Crippen LogP contribution is -2.30. The van der Waals surface area contributed by atoms with Crippen molar-refractivity contribution in [2.24, 2.45) is 0 Å². The number of aliphatic hydroxyl groups is 1. The predicted octanol–water partition coefficient (Wildman–Crippen LogP) is 5.88.